The van der Waals surface area contributed by atoms with Gasteiger partial charge in [0.05, 0.1) is 29.7 Å². The number of hydrogen-bond donors (Lipinski definition) is 3. The number of hydrogen-bond acceptors (Lipinski definition) is 4. The van der Waals surface area contributed by atoms with Crippen LogP contribution in [0.5, 0.6) is 0 Å². The molecule has 3 rings (SSSR count). The zero-order valence-electron chi connectivity index (χ0n) is 15.2. The average Bonchev–Trinajstić information content (AvgIpc) is 3.22. The van der Waals surface area contributed by atoms with Crippen LogP contribution in [0.2, 0.25) is 5.02 Å². The summed E-state index contributed by atoms with van der Waals surface area (Å²) in [5.74, 6) is 0.690. The van der Waals surface area contributed by atoms with Crippen molar-refractivity contribution < 1.29 is 13.2 Å². The molecule has 0 spiro atoms. The molecule has 7 nitrogen and oxygen atoms in total. The molecule has 152 valence electrons. The third kappa shape index (κ3) is 6.18. The molecular formula is C17H26ClIN4O3S. The van der Waals surface area contributed by atoms with Crippen LogP contribution < -0.4 is 15.4 Å². The van der Waals surface area contributed by atoms with Gasteiger partial charge in [-0.15, -0.1) is 24.0 Å². The van der Waals surface area contributed by atoms with Crippen LogP contribution in [0.1, 0.15) is 26.2 Å². The molecule has 3 unspecified atom stereocenters. The summed E-state index contributed by atoms with van der Waals surface area (Å²) in [6, 6.07) is 6.46. The minimum absolute atomic E-state index is 0. The SMILES string of the molecule is CCNC(=NCCNS(=O)(=O)c1cccc(Cl)c1)NC1CC2CCC1O2.I. The standard InChI is InChI=1S/C17H25ClN4O3S.HI/c1-2-19-17(22-15-11-13-6-7-16(15)25-13)20-8-9-21-26(23,24)14-5-3-4-12(18)10-14;/h3-5,10,13,15-16,21H,2,6-9,11H2,1H3,(H2,19,20,22);1H. The van der Waals surface area contributed by atoms with Gasteiger partial charge in [-0.1, -0.05) is 17.7 Å². The molecule has 0 amide bonds. The lowest BCUT2D eigenvalue weighted by Gasteiger charge is -2.22. The van der Waals surface area contributed by atoms with E-state index in [1.165, 1.54) is 12.1 Å². The summed E-state index contributed by atoms with van der Waals surface area (Å²) >= 11 is 5.86. The van der Waals surface area contributed by atoms with E-state index in [1.807, 2.05) is 6.92 Å². The third-order valence-electron chi connectivity index (χ3n) is 4.55. The second-order valence-corrected chi connectivity index (χ2v) is 8.68. The summed E-state index contributed by atoms with van der Waals surface area (Å²) < 4.78 is 32.9. The fraction of sp³-hybridized carbons (Fsp3) is 0.588. The van der Waals surface area contributed by atoms with E-state index in [0.29, 0.717) is 23.6 Å². The van der Waals surface area contributed by atoms with E-state index in [1.54, 1.807) is 12.1 Å². The number of ether oxygens (including phenoxy) is 1. The first-order valence-electron chi connectivity index (χ1n) is 8.93. The summed E-state index contributed by atoms with van der Waals surface area (Å²) in [6.45, 7) is 3.27. The van der Waals surface area contributed by atoms with Crippen LogP contribution in [0.4, 0.5) is 0 Å². The van der Waals surface area contributed by atoms with Crippen LogP contribution in [-0.2, 0) is 14.8 Å². The van der Waals surface area contributed by atoms with Crippen molar-refractivity contribution in [2.45, 2.75) is 49.3 Å². The molecule has 1 aromatic rings. The molecule has 0 aliphatic carbocycles. The highest BCUT2D eigenvalue weighted by Gasteiger charge is 2.41. The topological polar surface area (TPSA) is 91.8 Å². The zero-order chi connectivity index (χ0) is 18.6. The Labute approximate surface area is 182 Å². The number of halogens is 2. The van der Waals surface area contributed by atoms with E-state index in [9.17, 15) is 8.42 Å². The number of aliphatic imine (C=N–C) groups is 1. The Morgan fingerprint density at radius 1 is 1.37 bits per heavy atom. The quantitative estimate of drug-likeness (QED) is 0.218. The molecule has 27 heavy (non-hydrogen) atoms. The maximum atomic E-state index is 12.3. The summed E-state index contributed by atoms with van der Waals surface area (Å²) in [5.41, 5.74) is 0. The van der Waals surface area contributed by atoms with E-state index >= 15 is 0 Å². The van der Waals surface area contributed by atoms with Crippen LogP contribution in [0, 0.1) is 0 Å². The van der Waals surface area contributed by atoms with Crippen molar-refractivity contribution in [3.8, 4) is 0 Å². The number of fused-ring (bicyclic) bond motifs is 2. The highest BCUT2D eigenvalue weighted by molar-refractivity contribution is 14.0. The molecule has 0 saturated carbocycles. The number of nitrogens with one attached hydrogen (secondary N) is 3. The van der Waals surface area contributed by atoms with Gasteiger partial charge in [0, 0.05) is 18.1 Å². The van der Waals surface area contributed by atoms with Gasteiger partial charge in [-0.3, -0.25) is 4.99 Å². The zero-order valence-corrected chi connectivity index (χ0v) is 19.1. The molecule has 2 heterocycles. The Hall–Kier alpha value is -0.620. The molecule has 2 saturated heterocycles. The molecule has 3 N–H and O–H groups in total. The largest absolute Gasteiger partial charge is 0.373 e. The van der Waals surface area contributed by atoms with Crippen LogP contribution in [-0.4, -0.2) is 52.3 Å². The number of benzene rings is 1. The summed E-state index contributed by atoms with van der Waals surface area (Å²) in [4.78, 5) is 4.61. The van der Waals surface area contributed by atoms with Gasteiger partial charge in [0.15, 0.2) is 5.96 Å². The van der Waals surface area contributed by atoms with Crippen LogP contribution >= 0.6 is 35.6 Å². The van der Waals surface area contributed by atoms with Crippen molar-refractivity contribution >= 4 is 51.6 Å². The number of rotatable bonds is 7. The summed E-state index contributed by atoms with van der Waals surface area (Å²) in [7, 11) is -3.59. The normalized spacial score (nSPS) is 24.5. The third-order valence-corrected chi connectivity index (χ3v) is 6.25. The van der Waals surface area contributed by atoms with E-state index < -0.39 is 10.0 Å². The van der Waals surface area contributed by atoms with Crippen molar-refractivity contribution in [3.63, 3.8) is 0 Å². The van der Waals surface area contributed by atoms with Gasteiger partial charge in [-0.25, -0.2) is 13.1 Å². The maximum absolute atomic E-state index is 12.3. The average molecular weight is 529 g/mol. The minimum Gasteiger partial charge on any atom is -0.373 e. The highest BCUT2D eigenvalue weighted by atomic mass is 127. The number of guanidine groups is 1. The monoisotopic (exact) mass is 528 g/mol. The lowest BCUT2D eigenvalue weighted by atomic mass is 9.96. The Kier molecular flexibility index (Phi) is 8.60. The Balaban J connectivity index is 0.00000261. The molecule has 2 aliphatic heterocycles. The van der Waals surface area contributed by atoms with Gasteiger partial charge in [0.1, 0.15) is 0 Å². The van der Waals surface area contributed by atoms with E-state index in [4.69, 9.17) is 16.3 Å². The van der Waals surface area contributed by atoms with Crippen molar-refractivity contribution in [1.82, 2.24) is 15.4 Å². The van der Waals surface area contributed by atoms with Gasteiger partial charge < -0.3 is 15.4 Å². The molecule has 1 aromatic carbocycles. The van der Waals surface area contributed by atoms with Gasteiger partial charge in [-0.2, -0.15) is 0 Å². The van der Waals surface area contributed by atoms with Gasteiger partial charge in [0.2, 0.25) is 10.0 Å². The van der Waals surface area contributed by atoms with Crippen molar-refractivity contribution in [2.75, 3.05) is 19.6 Å². The van der Waals surface area contributed by atoms with E-state index in [2.05, 4.69) is 20.3 Å². The maximum Gasteiger partial charge on any atom is 0.240 e. The molecule has 0 aromatic heterocycles. The number of sulfonamides is 1. The first-order valence-corrected chi connectivity index (χ1v) is 10.8. The van der Waals surface area contributed by atoms with Gasteiger partial charge in [0.25, 0.3) is 0 Å². The first kappa shape index (κ1) is 22.7. The van der Waals surface area contributed by atoms with E-state index in [0.717, 1.165) is 25.8 Å². The highest BCUT2D eigenvalue weighted by Crippen LogP contribution is 2.34. The molecule has 0 radical (unpaired) electrons. The molecule has 3 atom stereocenters. The minimum atomic E-state index is -3.59. The Morgan fingerprint density at radius 2 is 2.19 bits per heavy atom. The van der Waals surface area contributed by atoms with Gasteiger partial charge >= 0.3 is 0 Å². The Bertz CT molecular complexity index is 762. The van der Waals surface area contributed by atoms with Crippen LogP contribution in [0.15, 0.2) is 34.2 Å². The lowest BCUT2D eigenvalue weighted by Crippen LogP contribution is -2.47. The van der Waals surface area contributed by atoms with E-state index in [-0.39, 0.29) is 47.6 Å². The molecule has 2 aliphatic rings. The molecule has 2 fully saturated rings. The Morgan fingerprint density at radius 3 is 2.81 bits per heavy atom. The summed E-state index contributed by atoms with van der Waals surface area (Å²) in [6.07, 6.45) is 3.84. The van der Waals surface area contributed by atoms with Crippen molar-refractivity contribution in [3.05, 3.63) is 29.3 Å². The van der Waals surface area contributed by atoms with Crippen molar-refractivity contribution in [1.29, 1.82) is 0 Å². The molecular weight excluding hydrogens is 503 g/mol. The lowest BCUT2D eigenvalue weighted by molar-refractivity contribution is 0.0992. The van der Waals surface area contributed by atoms with Gasteiger partial charge in [-0.05, 0) is 44.4 Å². The second-order valence-electron chi connectivity index (χ2n) is 6.48. The second kappa shape index (κ2) is 10.2. The summed E-state index contributed by atoms with van der Waals surface area (Å²) in [5, 5.41) is 6.99. The predicted molar refractivity (Wildman–Crippen MR) is 117 cm³/mol. The number of nitrogens with zero attached hydrogens (tertiary/aromatic N) is 1. The fourth-order valence-electron chi connectivity index (χ4n) is 3.35. The van der Waals surface area contributed by atoms with Crippen molar-refractivity contribution in [2.24, 2.45) is 4.99 Å². The van der Waals surface area contributed by atoms with Crippen LogP contribution in [0.3, 0.4) is 0 Å². The smallest absolute Gasteiger partial charge is 0.240 e. The predicted octanol–water partition coefficient (Wildman–Crippen LogP) is 2.11. The first-order chi connectivity index (χ1) is 12.5. The molecule has 10 heteroatoms. The molecule has 2 bridgehead atoms. The van der Waals surface area contributed by atoms with Crippen LogP contribution in [0.25, 0.3) is 0 Å². The fourth-order valence-corrected chi connectivity index (χ4v) is 4.67.